The summed E-state index contributed by atoms with van der Waals surface area (Å²) in [5, 5.41) is 0. The molecule has 0 heterocycles. The summed E-state index contributed by atoms with van der Waals surface area (Å²) in [7, 11) is -3.15. The van der Waals surface area contributed by atoms with E-state index in [1.807, 2.05) is 34.6 Å². The minimum Gasteiger partial charge on any atom is -0.330 e. The van der Waals surface area contributed by atoms with Crippen LogP contribution in [0.25, 0.3) is 0 Å². The van der Waals surface area contributed by atoms with E-state index >= 15 is 0 Å². The van der Waals surface area contributed by atoms with Gasteiger partial charge in [0.1, 0.15) is 0 Å². The first-order valence-electron chi connectivity index (χ1n) is 6.82. The van der Waals surface area contributed by atoms with Crippen molar-refractivity contribution in [3.05, 3.63) is 0 Å². The van der Waals surface area contributed by atoms with Gasteiger partial charge < -0.3 is 5.73 Å². The number of rotatable bonds is 9. The van der Waals surface area contributed by atoms with Gasteiger partial charge in [-0.2, -0.15) is 0 Å². The van der Waals surface area contributed by atoms with Crippen molar-refractivity contribution in [3.63, 3.8) is 0 Å². The van der Waals surface area contributed by atoms with Crippen LogP contribution in [0, 0.1) is 11.3 Å². The Labute approximate surface area is 113 Å². The van der Waals surface area contributed by atoms with Gasteiger partial charge in [-0.3, -0.25) is 0 Å². The molecular weight excluding hydrogens is 248 g/mol. The van der Waals surface area contributed by atoms with Gasteiger partial charge in [0.2, 0.25) is 10.0 Å². The molecule has 0 fully saturated rings. The molecule has 0 spiro atoms. The van der Waals surface area contributed by atoms with Crippen LogP contribution < -0.4 is 5.73 Å². The summed E-state index contributed by atoms with van der Waals surface area (Å²) in [5.74, 6) is 0.650. The van der Waals surface area contributed by atoms with E-state index in [9.17, 15) is 8.42 Å². The van der Waals surface area contributed by atoms with E-state index in [0.717, 1.165) is 6.42 Å². The molecule has 0 aromatic heterocycles. The summed E-state index contributed by atoms with van der Waals surface area (Å²) in [6.45, 7) is 11.7. The molecule has 0 aliphatic carbocycles. The van der Waals surface area contributed by atoms with Gasteiger partial charge in [0.15, 0.2) is 0 Å². The zero-order valence-corrected chi connectivity index (χ0v) is 13.4. The van der Waals surface area contributed by atoms with E-state index < -0.39 is 10.0 Å². The Morgan fingerprint density at radius 2 is 1.83 bits per heavy atom. The fraction of sp³-hybridized carbons (Fsp3) is 1.00. The van der Waals surface area contributed by atoms with Gasteiger partial charge in [-0.1, -0.05) is 34.6 Å². The Kier molecular flexibility index (Phi) is 7.40. The minimum atomic E-state index is -3.15. The molecule has 0 aliphatic heterocycles. The lowest BCUT2D eigenvalue weighted by molar-refractivity contribution is 0.266. The Hall–Kier alpha value is -0.130. The van der Waals surface area contributed by atoms with E-state index in [0.29, 0.717) is 32.0 Å². The summed E-state index contributed by atoms with van der Waals surface area (Å²) in [4.78, 5) is 0. The summed E-state index contributed by atoms with van der Waals surface area (Å²) in [6, 6.07) is 0. The highest BCUT2D eigenvalue weighted by atomic mass is 32.2. The van der Waals surface area contributed by atoms with Crippen LogP contribution in [-0.2, 0) is 10.0 Å². The second kappa shape index (κ2) is 7.46. The standard InChI is InChI=1S/C13H30N2O2S/c1-6-8-15(11-13(4,5)10-14)18(16,17)9-7-12(2)3/h12H,6-11,14H2,1-5H3. The third kappa shape index (κ3) is 6.71. The van der Waals surface area contributed by atoms with Crippen molar-refractivity contribution in [1.29, 1.82) is 0 Å². The van der Waals surface area contributed by atoms with E-state index in [2.05, 4.69) is 0 Å². The maximum atomic E-state index is 12.3. The van der Waals surface area contributed by atoms with Gasteiger partial charge >= 0.3 is 0 Å². The fourth-order valence-corrected chi connectivity index (χ4v) is 3.66. The van der Waals surface area contributed by atoms with Gasteiger partial charge in [0, 0.05) is 13.1 Å². The number of sulfonamides is 1. The van der Waals surface area contributed by atoms with Crippen LogP contribution in [0.4, 0.5) is 0 Å². The lowest BCUT2D eigenvalue weighted by Crippen LogP contribution is -2.43. The molecule has 18 heavy (non-hydrogen) atoms. The Morgan fingerprint density at radius 3 is 2.22 bits per heavy atom. The van der Waals surface area contributed by atoms with Crippen molar-refractivity contribution in [1.82, 2.24) is 4.31 Å². The van der Waals surface area contributed by atoms with Gasteiger partial charge in [0.25, 0.3) is 0 Å². The molecule has 0 unspecified atom stereocenters. The average Bonchev–Trinajstić information content (AvgIpc) is 2.26. The summed E-state index contributed by atoms with van der Waals surface area (Å²) >= 11 is 0. The van der Waals surface area contributed by atoms with Crippen molar-refractivity contribution >= 4 is 10.0 Å². The predicted molar refractivity (Wildman–Crippen MR) is 77.9 cm³/mol. The lowest BCUT2D eigenvalue weighted by Gasteiger charge is -2.31. The summed E-state index contributed by atoms with van der Waals surface area (Å²) < 4.78 is 26.2. The number of hydrogen-bond acceptors (Lipinski definition) is 3. The normalized spacial score (nSPS) is 13.6. The highest BCUT2D eigenvalue weighted by Crippen LogP contribution is 2.19. The molecule has 0 saturated heterocycles. The Balaban J connectivity index is 4.76. The molecule has 110 valence electrons. The van der Waals surface area contributed by atoms with Crippen molar-refractivity contribution in [2.75, 3.05) is 25.4 Å². The third-order valence-corrected chi connectivity index (χ3v) is 4.83. The fourth-order valence-electron chi connectivity index (χ4n) is 1.62. The SMILES string of the molecule is CCCN(CC(C)(C)CN)S(=O)(=O)CCC(C)C. The number of nitrogens with zero attached hydrogens (tertiary/aromatic N) is 1. The first-order valence-corrected chi connectivity index (χ1v) is 8.43. The van der Waals surface area contributed by atoms with Crippen LogP contribution in [0.5, 0.6) is 0 Å². The second-order valence-corrected chi connectivity index (χ2v) is 8.29. The van der Waals surface area contributed by atoms with Crippen molar-refractivity contribution < 1.29 is 8.42 Å². The van der Waals surface area contributed by atoms with Gasteiger partial charge in [-0.15, -0.1) is 0 Å². The van der Waals surface area contributed by atoms with E-state index in [1.54, 1.807) is 4.31 Å². The monoisotopic (exact) mass is 278 g/mol. The molecule has 0 aromatic rings. The van der Waals surface area contributed by atoms with Crippen molar-refractivity contribution in [2.24, 2.45) is 17.1 Å². The van der Waals surface area contributed by atoms with Crippen LogP contribution in [0.3, 0.4) is 0 Å². The van der Waals surface area contributed by atoms with Gasteiger partial charge in [-0.25, -0.2) is 12.7 Å². The van der Waals surface area contributed by atoms with E-state index in [1.165, 1.54) is 0 Å². The maximum absolute atomic E-state index is 12.3. The smallest absolute Gasteiger partial charge is 0.214 e. The second-order valence-electron chi connectivity index (χ2n) is 6.20. The van der Waals surface area contributed by atoms with E-state index in [-0.39, 0.29) is 11.2 Å². The first kappa shape index (κ1) is 17.9. The number of hydrogen-bond donors (Lipinski definition) is 1. The molecule has 0 radical (unpaired) electrons. The van der Waals surface area contributed by atoms with Crippen LogP contribution >= 0.6 is 0 Å². The molecule has 0 amide bonds. The molecule has 0 atom stereocenters. The Morgan fingerprint density at radius 1 is 1.28 bits per heavy atom. The lowest BCUT2D eigenvalue weighted by atomic mass is 9.94. The molecule has 0 aliphatic rings. The summed E-state index contributed by atoms with van der Waals surface area (Å²) in [6.07, 6.45) is 1.55. The predicted octanol–water partition coefficient (Wildman–Crippen LogP) is 2.06. The molecule has 2 N–H and O–H groups in total. The topological polar surface area (TPSA) is 63.4 Å². The van der Waals surface area contributed by atoms with Crippen LogP contribution in [0.1, 0.15) is 47.5 Å². The zero-order chi connectivity index (χ0) is 14.4. The largest absolute Gasteiger partial charge is 0.330 e. The maximum Gasteiger partial charge on any atom is 0.214 e. The van der Waals surface area contributed by atoms with E-state index in [4.69, 9.17) is 5.73 Å². The zero-order valence-electron chi connectivity index (χ0n) is 12.6. The average molecular weight is 278 g/mol. The molecular formula is C13H30N2O2S. The highest BCUT2D eigenvalue weighted by molar-refractivity contribution is 7.89. The van der Waals surface area contributed by atoms with Crippen molar-refractivity contribution in [3.8, 4) is 0 Å². The molecule has 0 rings (SSSR count). The van der Waals surface area contributed by atoms with Gasteiger partial charge in [0.05, 0.1) is 5.75 Å². The molecule has 5 heteroatoms. The Bertz CT molecular complexity index is 324. The minimum absolute atomic E-state index is 0.167. The number of nitrogens with two attached hydrogens (primary N) is 1. The third-order valence-electron chi connectivity index (χ3n) is 2.98. The molecule has 0 aromatic carbocycles. The van der Waals surface area contributed by atoms with Crippen molar-refractivity contribution in [2.45, 2.75) is 47.5 Å². The van der Waals surface area contributed by atoms with Crippen LogP contribution in [0.15, 0.2) is 0 Å². The first-order chi connectivity index (χ1) is 8.14. The van der Waals surface area contributed by atoms with Crippen LogP contribution in [0.2, 0.25) is 0 Å². The summed E-state index contributed by atoms with van der Waals surface area (Å²) in [5.41, 5.74) is 5.53. The highest BCUT2D eigenvalue weighted by Gasteiger charge is 2.27. The molecule has 4 nitrogen and oxygen atoms in total. The molecule has 0 bridgehead atoms. The molecule has 0 saturated carbocycles. The quantitative estimate of drug-likeness (QED) is 0.702. The van der Waals surface area contributed by atoms with Gasteiger partial charge in [-0.05, 0) is 30.7 Å². The van der Waals surface area contributed by atoms with Crippen LogP contribution in [-0.4, -0.2) is 38.1 Å².